The Hall–Kier alpha value is -3.24. The Kier molecular flexibility index (Phi) is 5.64. The number of aromatic nitrogens is 4. The molecule has 7 nitrogen and oxygen atoms in total. The van der Waals surface area contributed by atoms with Crippen molar-refractivity contribution in [3.05, 3.63) is 52.0 Å². The molecule has 1 amide bonds. The molecule has 0 spiro atoms. The molecule has 31 heavy (non-hydrogen) atoms. The lowest BCUT2D eigenvalue weighted by Gasteiger charge is -2.20. The molecule has 0 aliphatic carbocycles. The number of fused-ring (bicyclic) bond motifs is 1. The number of anilines is 1. The SMILES string of the molecule is Cc1nc2c(cnn2C(C)(C)C)c(=O)n1CCC(=O)Nc1ccc(F)c(C(F)(F)F)c1. The zero-order valence-electron chi connectivity index (χ0n) is 17.3. The number of carbonyl (C=O) groups excluding carboxylic acids is 1. The summed E-state index contributed by atoms with van der Waals surface area (Å²) in [6.45, 7) is 7.35. The van der Waals surface area contributed by atoms with Gasteiger partial charge in [0.2, 0.25) is 5.91 Å². The van der Waals surface area contributed by atoms with Gasteiger partial charge in [-0.1, -0.05) is 0 Å². The van der Waals surface area contributed by atoms with Crippen LogP contribution in [0.5, 0.6) is 0 Å². The summed E-state index contributed by atoms with van der Waals surface area (Å²) in [5.41, 5.74) is -1.98. The summed E-state index contributed by atoms with van der Waals surface area (Å²) in [5.74, 6) is -1.68. The molecular weight excluding hydrogens is 418 g/mol. The van der Waals surface area contributed by atoms with E-state index in [2.05, 4.69) is 15.4 Å². The van der Waals surface area contributed by atoms with Gasteiger partial charge in [0.05, 0.1) is 17.3 Å². The molecule has 1 aromatic carbocycles. The zero-order valence-corrected chi connectivity index (χ0v) is 17.3. The number of hydrogen-bond donors (Lipinski definition) is 1. The molecule has 3 aromatic rings. The number of amides is 1. The van der Waals surface area contributed by atoms with E-state index in [4.69, 9.17) is 0 Å². The Morgan fingerprint density at radius 3 is 2.48 bits per heavy atom. The quantitative estimate of drug-likeness (QED) is 0.627. The van der Waals surface area contributed by atoms with Crippen molar-refractivity contribution in [2.24, 2.45) is 0 Å². The van der Waals surface area contributed by atoms with Crippen molar-refractivity contribution in [1.29, 1.82) is 0 Å². The smallest absolute Gasteiger partial charge is 0.326 e. The molecule has 0 unspecified atom stereocenters. The van der Waals surface area contributed by atoms with Gasteiger partial charge in [0.25, 0.3) is 5.56 Å². The highest BCUT2D eigenvalue weighted by molar-refractivity contribution is 5.90. The van der Waals surface area contributed by atoms with Crippen LogP contribution >= 0.6 is 0 Å². The van der Waals surface area contributed by atoms with Crippen LogP contribution in [0.4, 0.5) is 23.2 Å². The second-order valence-electron chi connectivity index (χ2n) is 8.07. The normalized spacial score (nSPS) is 12.4. The number of rotatable bonds is 4. The summed E-state index contributed by atoms with van der Waals surface area (Å²) >= 11 is 0. The number of alkyl halides is 3. The highest BCUT2D eigenvalue weighted by Gasteiger charge is 2.34. The van der Waals surface area contributed by atoms with E-state index in [1.807, 2.05) is 20.8 Å². The second kappa shape index (κ2) is 7.78. The molecule has 0 saturated heterocycles. The minimum absolute atomic E-state index is 0.0343. The Labute approximate surface area is 174 Å². The molecule has 0 atom stereocenters. The van der Waals surface area contributed by atoms with Crippen molar-refractivity contribution in [3.63, 3.8) is 0 Å². The van der Waals surface area contributed by atoms with Gasteiger partial charge in [-0.15, -0.1) is 0 Å². The number of benzene rings is 1. The molecule has 1 N–H and O–H groups in total. The highest BCUT2D eigenvalue weighted by Crippen LogP contribution is 2.33. The lowest BCUT2D eigenvalue weighted by Crippen LogP contribution is -2.28. The van der Waals surface area contributed by atoms with E-state index in [-0.39, 0.29) is 29.8 Å². The van der Waals surface area contributed by atoms with Gasteiger partial charge in [-0.3, -0.25) is 14.2 Å². The minimum atomic E-state index is -4.88. The first-order valence-electron chi connectivity index (χ1n) is 9.41. The third kappa shape index (κ3) is 4.59. The number of halogens is 4. The van der Waals surface area contributed by atoms with Crippen LogP contribution in [-0.2, 0) is 23.1 Å². The van der Waals surface area contributed by atoms with Crippen LogP contribution in [0.25, 0.3) is 11.0 Å². The predicted octanol–water partition coefficient (Wildman–Crippen LogP) is 3.84. The van der Waals surface area contributed by atoms with Crippen LogP contribution in [0.2, 0.25) is 0 Å². The Balaban J connectivity index is 1.79. The van der Waals surface area contributed by atoms with Crippen LogP contribution < -0.4 is 10.9 Å². The van der Waals surface area contributed by atoms with E-state index in [1.165, 1.54) is 10.8 Å². The van der Waals surface area contributed by atoms with Gasteiger partial charge in [-0.2, -0.15) is 18.3 Å². The predicted molar refractivity (Wildman–Crippen MR) is 106 cm³/mol. The van der Waals surface area contributed by atoms with Crippen LogP contribution in [0.3, 0.4) is 0 Å². The lowest BCUT2D eigenvalue weighted by molar-refractivity contribution is -0.140. The van der Waals surface area contributed by atoms with Crippen molar-refractivity contribution in [3.8, 4) is 0 Å². The van der Waals surface area contributed by atoms with E-state index < -0.39 is 23.5 Å². The largest absolute Gasteiger partial charge is 0.419 e. The molecule has 0 fully saturated rings. The van der Waals surface area contributed by atoms with Crippen molar-refractivity contribution < 1.29 is 22.4 Å². The van der Waals surface area contributed by atoms with E-state index in [9.17, 15) is 27.2 Å². The number of hydrogen-bond acceptors (Lipinski definition) is 4. The molecule has 2 aromatic heterocycles. The molecule has 0 bridgehead atoms. The van der Waals surface area contributed by atoms with Crippen molar-refractivity contribution in [2.75, 3.05) is 5.32 Å². The fourth-order valence-electron chi connectivity index (χ4n) is 3.12. The van der Waals surface area contributed by atoms with Crippen LogP contribution in [0, 0.1) is 12.7 Å². The van der Waals surface area contributed by atoms with Gasteiger partial charge in [-0.25, -0.2) is 14.1 Å². The first-order valence-corrected chi connectivity index (χ1v) is 9.41. The fraction of sp³-hybridized carbons (Fsp3) is 0.400. The third-order valence-corrected chi connectivity index (χ3v) is 4.63. The minimum Gasteiger partial charge on any atom is -0.326 e. The third-order valence-electron chi connectivity index (χ3n) is 4.63. The van der Waals surface area contributed by atoms with Gasteiger partial charge in [0, 0.05) is 18.7 Å². The van der Waals surface area contributed by atoms with Gasteiger partial charge in [0.1, 0.15) is 17.0 Å². The van der Waals surface area contributed by atoms with Crippen molar-refractivity contribution >= 4 is 22.6 Å². The maximum absolute atomic E-state index is 13.4. The summed E-state index contributed by atoms with van der Waals surface area (Å²) in [7, 11) is 0. The Morgan fingerprint density at radius 1 is 1.19 bits per heavy atom. The summed E-state index contributed by atoms with van der Waals surface area (Å²) in [6.07, 6.45) is -3.66. The highest BCUT2D eigenvalue weighted by atomic mass is 19.4. The molecule has 0 radical (unpaired) electrons. The summed E-state index contributed by atoms with van der Waals surface area (Å²) in [4.78, 5) is 29.5. The first kappa shape index (κ1) is 22.4. The van der Waals surface area contributed by atoms with E-state index in [0.717, 1.165) is 6.07 Å². The van der Waals surface area contributed by atoms with Crippen LogP contribution in [0.1, 0.15) is 38.6 Å². The summed E-state index contributed by atoms with van der Waals surface area (Å²) in [6, 6.07) is 2.20. The number of nitrogens with zero attached hydrogens (tertiary/aromatic N) is 4. The van der Waals surface area contributed by atoms with Gasteiger partial charge in [-0.05, 0) is 45.9 Å². The average molecular weight is 439 g/mol. The maximum atomic E-state index is 13.4. The summed E-state index contributed by atoms with van der Waals surface area (Å²) in [5, 5.41) is 6.83. The standard InChI is InChI=1S/C20H21F4N5O2/c1-11-26-17-13(10-25-29(17)19(2,3)4)18(31)28(11)8-7-16(30)27-12-5-6-15(21)14(9-12)20(22,23)24/h5-6,9-10H,7-8H2,1-4H3,(H,27,30). The topological polar surface area (TPSA) is 81.8 Å². The molecule has 0 saturated carbocycles. The van der Waals surface area contributed by atoms with Crippen molar-refractivity contribution in [1.82, 2.24) is 19.3 Å². The monoisotopic (exact) mass is 439 g/mol. The van der Waals surface area contributed by atoms with Crippen LogP contribution in [0.15, 0.2) is 29.2 Å². The molecule has 0 aliphatic heterocycles. The molecular formula is C20H21F4N5O2. The number of carbonyl (C=O) groups is 1. The van der Waals surface area contributed by atoms with Gasteiger partial charge in [0.15, 0.2) is 5.65 Å². The molecule has 0 aliphatic rings. The van der Waals surface area contributed by atoms with Crippen molar-refractivity contribution in [2.45, 2.75) is 52.4 Å². The number of nitrogens with one attached hydrogen (secondary N) is 1. The fourth-order valence-corrected chi connectivity index (χ4v) is 3.12. The van der Waals surface area contributed by atoms with Gasteiger partial charge >= 0.3 is 6.18 Å². The molecule has 166 valence electrons. The first-order chi connectivity index (χ1) is 14.3. The maximum Gasteiger partial charge on any atom is 0.419 e. The summed E-state index contributed by atoms with van der Waals surface area (Å²) < 4.78 is 54.8. The van der Waals surface area contributed by atoms with Gasteiger partial charge < -0.3 is 5.32 Å². The van der Waals surface area contributed by atoms with E-state index in [1.54, 1.807) is 11.6 Å². The average Bonchev–Trinajstić information content (AvgIpc) is 3.06. The molecule has 11 heteroatoms. The van der Waals surface area contributed by atoms with E-state index in [0.29, 0.717) is 29.0 Å². The van der Waals surface area contributed by atoms with E-state index >= 15 is 0 Å². The Morgan fingerprint density at radius 2 is 1.87 bits per heavy atom. The molecule has 3 rings (SSSR count). The Bertz CT molecular complexity index is 1210. The van der Waals surface area contributed by atoms with Crippen LogP contribution in [-0.4, -0.2) is 25.2 Å². The molecule has 2 heterocycles. The number of aryl methyl sites for hydroxylation is 1. The zero-order chi connectivity index (χ0) is 23.1. The lowest BCUT2D eigenvalue weighted by atomic mass is 10.1. The second-order valence-corrected chi connectivity index (χ2v) is 8.07.